The van der Waals surface area contributed by atoms with E-state index in [9.17, 15) is 22.6 Å². The summed E-state index contributed by atoms with van der Waals surface area (Å²) >= 11 is 0. The van der Waals surface area contributed by atoms with Gasteiger partial charge in [0.05, 0.1) is 28.5 Å². The molecule has 0 bridgehead atoms. The van der Waals surface area contributed by atoms with Crippen molar-refractivity contribution in [3.8, 4) is 0 Å². The number of carbonyl (C=O) groups is 2. The Morgan fingerprint density at radius 2 is 1.05 bits per heavy atom. The maximum Gasteiger partial charge on any atom is 1.00 e. The second-order valence-electron chi connectivity index (χ2n) is 10.2. The Morgan fingerprint density at radius 1 is 0.659 bits per heavy atom. The van der Waals surface area contributed by atoms with Crippen molar-refractivity contribution in [2.75, 3.05) is 0 Å². The van der Waals surface area contributed by atoms with Crippen LogP contribution in [0.4, 0.5) is 0 Å². The summed E-state index contributed by atoms with van der Waals surface area (Å²) < 4.78 is 44.7. The number of ether oxygens (including phenoxy) is 2. The molecule has 0 aliphatic rings. The number of hydrogen-bond acceptors (Lipinski definition) is 7. The second kappa shape index (κ2) is 25.7. The van der Waals surface area contributed by atoms with Crippen LogP contribution < -0.4 is 51.4 Å². The Morgan fingerprint density at radius 3 is 1.46 bits per heavy atom. The summed E-state index contributed by atoms with van der Waals surface area (Å²) in [5, 5.41) is 0. The minimum absolute atomic E-state index is 0. The topological polar surface area (TPSA) is 110 Å². The third-order valence-corrected chi connectivity index (χ3v) is 7.54. The molecule has 0 aliphatic heterocycles. The van der Waals surface area contributed by atoms with Gasteiger partial charge in [0.25, 0.3) is 0 Å². The van der Waals surface area contributed by atoms with E-state index >= 15 is 0 Å². The Labute approximate surface area is 291 Å². The van der Waals surface area contributed by atoms with Gasteiger partial charge in [-0.2, -0.15) is 0 Å². The number of esters is 2. The van der Waals surface area contributed by atoms with Crippen LogP contribution in [0.15, 0.2) is 47.8 Å². The van der Waals surface area contributed by atoms with Gasteiger partial charge in [0.2, 0.25) is 0 Å². The van der Waals surface area contributed by atoms with Crippen molar-refractivity contribution < 1.29 is 83.4 Å². The second-order valence-corrected chi connectivity index (χ2v) is 11.6. The molecule has 0 radical (unpaired) electrons. The van der Waals surface area contributed by atoms with Crippen LogP contribution in [-0.2, 0) is 19.6 Å². The molecule has 0 atom stereocenters. The number of unbranched alkanes of at least 4 members (excludes halogenated alkanes) is 16. The van der Waals surface area contributed by atoms with Crippen LogP contribution in [0, 0.1) is 0 Å². The van der Waals surface area contributed by atoms with Crippen LogP contribution in [0.2, 0.25) is 0 Å². The third-order valence-electron chi connectivity index (χ3n) is 6.71. The van der Waals surface area contributed by atoms with Crippen molar-refractivity contribution in [1.82, 2.24) is 0 Å². The number of benzene rings is 1. The number of rotatable bonds is 23. The molecular weight excluding hydrogens is 568 g/mol. The van der Waals surface area contributed by atoms with Crippen molar-refractivity contribution in [3.05, 3.63) is 54.0 Å². The predicted octanol–water partition coefficient (Wildman–Crippen LogP) is 6.00. The van der Waals surface area contributed by atoms with E-state index < -0.39 is 27.0 Å². The van der Waals surface area contributed by atoms with Gasteiger partial charge in [-0.1, -0.05) is 104 Å². The summed E-state index contributed by atoms with van der Waals surface area (Å²) in [5.41, 5.74) is -0.513. The number of allylic oxidation sites excluding steroid dienone is 2. The standard InChI is InChI=1S/C32H50O7S.K/c1-3-5-7-9-11-13-15-17-19-21-25-38-31(33)29-24-23-28(40(35,36)37)27-30(29)32(34)39-26-22-20-18-16-14-12-10-8-6-4-2;/h21-27H,3-20H2,1-2H3,(H,35,36,37);/q;+1/p-1/b25-21+,26-22+;. The molecule has 0 aromatic heterocycles. The summed E-state index contributed by atoms with van der Waals surface area (Å²) in [5.74, 6) is -1.77. The van der Waals surface area contributed by atoms with Crippen LogP contribution in [0.1, 0.15) is 150 Å². The van der Waals surface area contributed by atoms with Crippen molar-refractivity contribution in [2.45, 2.75) is 134 Å². The molecule has 0 saturated heterocycles. The molecule has 1 aromatic rings. The van der Waals surface area contributed by atoms with E-state index in [1.807, 2.05) is 0 Å². The minimum atomic E-state index is -4.83. The van der Waals surface area contributed by atoms with Crippen LogP contribution >= 0.6 is 0 Å². The van der Waals surface area contributed by atoms with Crippen molar-refractivity contribution in [1.29, 1.82) is 0 Å². The Kier molecular flexibility index (Phi) is 25.2. The van der Waals surface area contributed by atoms with Gasteiger partial charge in [0.1, 0.15) is 10.1 Å². The molecule has 0 fully saturated rings. The van der Waals surface area contributed by atoms with E-state index in [0.717, 1.165) is 56.7 Å². The fraction of sp³-hybridized carbons (Fsp3) is 0.625. The zero-order valence-electron chi connectivity index (χ0n) is 25.5. The van der Waals surface area contributed by atoms with Gasteiger partial charge in [-0.3, -0.25) is 0 Å². The van der Waals surface area contributed by atoms with E-state index in [1.165, 1.54) is 89.6 Å². The molecule has 41 heavy (non-hydrogen) atoms. The predicted molar refractivity (Wildman–Crippen MR) is 158 cm³/mol. The van der Waals surface area contributed by atoms with Crippen LogP contribution in [0.3, 0.4) is 0 Å². The molecule has 0 saturated carbocycles. The molecule has 0 spiro atoms. The average molecular weight is 617 g/mol. The maximum absolute atomic E-state index is 12.7. The maximum atomic E-state index is 12.7. The summed E-state index contributed by atoms with van der Waals surface area (Å²) in [6.45, 7) is 4.40. The normalized spacial score (nSPS) is 11.6. The van der Waals surface area contributed by atoms with E-state index in [4.69, 9.17) is 9.47 Å². The van der Waals surface area contributed by atoms with Crippen LogP contribution in [0.5, 0.6) is 0 Å². The van der Waals surface area contributed by atoms with Crippen molar-refractivity contribution >= 4 is 22.1 Å². The van der Waals surface area contributed by atoms with Crippen LogP contribution in [0.25, 0.3) is 0 Å². The minimum Gasteiger partial charge on any atom is -0.744 e. The van der Waals surface area contributed by atoms with Gasteiger partial charge in [-0.25, -0.2) is 18.0 Å². The number of hydrogen-bond donors (Lipinski definition) is 0. The molecule has 9 heteroatoms. The molecular formula is C32H49KO7S. The first-order valence-electron chi connectivity index (χ1n) is 15.1. The van der Waals surface area contributed by atoms with Gasteiger partial charge < -0.3 is 14.0 Å². The quantitative estimate of drug-likeness (QED) is 0.0488. The zero-order valence-corrected chi connectivity index (χ0v) is 29.5. The molecule has 0 N–H and O–H groups in total. The summed E-state index contributed by atoms with van der Waals surface area (Å²) in [4.78, 5) is 24.7. The SMILES string of the molecule is CCCCCCCCCC/C=C/OC(=O)c1ccc(S(=O)(=O)[O-])cc1C(=O)O/C=C/CCCCCCCCCC.[K+]. The molecule has 0 heterocycles. The largest absolute Gasteiger partial charge is 1.00 e. The summed E-state index contributed by atoms with van der Waals surface area (Å²) in [6.07, 6.45) is 26.6. The average Bonchev–Trinajstić information content (AvgIpc) is 2.93. The first-order valence-corrected chi connectivity index (χ1v) is 16.5. The Hall–Kier alpha value is -0.814. The van der Waals surface area contributed by atoms with E-state index in [0.29, 0.717) is 0 Å². The zero-order chi connectivity index (χ0) is 29.5. The van der Waals surface area contributed by atoms with Gasteiger partial charge in [0, 0.05) is 0 Å². The molecule has 0 amide bonds. The molecule has 0 aliphatic carbocycles. The van der Waals surface area contributed by atoms with Gasteiger partial charge in [0.15, 0.2) is 0 Å². The molecule has 1 aromatic carbocycles. The molecule has 7 nitrogen and oxygen atoms in total. The van der Waals surface area contributed by atoms with E-state index in [2.05, 4.69) is 13.8 Å². The smallest absolute Gasteiger partial charge is 0.744 e. The fourth-order valence-electron chi connectivity index (χ4n) is 4.30. The molecule has 1 rings (SSSR count). The number of carbonyl (C=O) groups excluding carboxylic acids is 2. The molecule has 226 valence electrons. The molecule has 0 unspecified atom stereocenters. The van der Waals surface area contributed by atoms with Gasteiger partial charge in [-0.05, 0) is 56.0 Å². The first-order chi connectivity index (χ1) is 19.3. The van der Waals surface area contributed by atoms with Crippen molar-refractivity contribution in [3.63, 3.8) is 0 Å². The van der Waals surface area contributed by atoms with Crippen LogP contribution in [-0.4, -0.2) is 24.9 Å². The van der Waals surface area contributed by atoms with E-state index in [-0.39, 0.29) is 62.5 Å². The summed E-state index contributed by atoms with van der Waals surface area (Å²) in [7, 11) is -4.83. The van der Waals surface area contributed by atoms with Gasteiger partial charge >= 0.3 is 63.3 Å². The summed E-state index contributed by atoms with van der Waals surface area (Å²) in [6, 6.07) is 2.94. The van der Waals surface area contributed by atoms with E-state index in [1.54, 1.807) is 12.2 Å². The first kappa shape index (κ1) is 40.2. The van der Waals surface area contributed by atoms with Gasteiger partial charge in [-0.15, -0.1) is 0 Å². The monoisotopic (exact) mass is 616 g/mol. The Balaban J connectivity index is 0.0000160. The Bertz CT molecular complexity index is 1020. The third kappa shape index (κ3) is 19.9. The fourth-order valence-corrected chi connectivity index (χ4v) is 4.80. The van der Waals surface area contributed by atoms with Crippen molar-refractivity contribution in [2.24, 2.45) is 0 Å².